The molecule has 12 nitrogen and oxygen atoms in total. The standard InChI is InChI=1S/C28H35N7O5S/c1-3-33(13-14-36)25(38)19-8-6-18(7-9-19)15-34-11-4-5-21-23(34)30-27(31-24(21)35-12-10-20(37)16-35)32-28-29-17(2)22(41-28)26(39)40/h6-9,20,36-37H,3-5,10-16H2,1-2H3,(H,39,40)(H,29,30,31,32). The number of rotatable bonds is 10. The number of aromatic carboxylic acids is 1. The number of hydrogen-bond donors (Lipinski definition) is 4. The average molecular weight is 582 g/mol. The minimum absolute atomic E-state index is 0.0774. The van der Waals surface area contributed by atoms with Gasteiger partial charge in [-0.3, -0.25) is 10.1 Å². The maximum Gasteiger partial charge on any atom is 0.347 e. The van der Waals surface area contributed by atoms with Crippen LogP contribution in [0.4, 0.5) is 22.7 Å². The van der Waals surface area contributed by atoms with E-state index in [1.54, 1.807) is 11.8 Å². The van der Waals surface area contributed by atoms with Gasteiger partial charge in [-0.1, -0.05) is 23.5 Å². The Bertz CT molecular complexity index is 1410. The van der Waals surface area contributed by atoms with Crippen LogP contribution in [0.5, 0.6) is 0 Å². The average Bonchev–Trinajstić information content (AvgIpc) is 3.56. The van der Waals surface area contributed by atoms with Crippen LogP contribution in [0.25, 0.3) is 0 Å². The summed E-state index contributed by atoms with van der Waals surface area (Å²) in [5.74, 6) is 0.746. The predicted octanol–water partition coefficient (Wildman–Crippen LogP) is 2.66. The number of likely N-dealkylation sites (N-methyl/N-ethyl adjacent to an activating group) is 1. The second-order valence-corrected chi connectivity index (χ2v) is 11.3. The molecular formula is C28H35N7O5S. The predicted molar refractivity (Wildman–Crippen MR) is 156 cm³/mol. The van der Waals surface area contributed by atoms with Crippen LogP contribution in [0.2, 0.25) is 0 Å². The molecule has 218 valence electrons. The molecule has 13 heteroatoms. The van der Waals surface area contributed by atoms with E-state index >= 15 is 0 Å². The summed E-state index contributed by atoms with van der Waals surface area (Å²) in [5.41, 5.74) is 3.04. The number of anilines is 4. The normalized spacial score (nSPS) is 16.5. The number of amides is 1. The third-order valence-corrected chi connectivity index (χ3v) is 8.46. The molecule has 0 bridgehead atoms. The summed E-state index contributed by atoms with van der Waals surface area (Å²) in [6.07, 6.45) is 1.97. The fraction of sp³-hybridized carbons (Fsp3) is 0.464. The number of aliphatic hydroxyl groups is 2. The Hall–Kier alpha value is -3.81. The zero-order valence-corrected chi connectivity index (χ0v) is 24.0. The maximum atomic E-state index is 12.8. The summed E-state index contributed by atoms with van der Waals surface area (Å²) >= 11 is 1.04. The number of aliphatic hydroxyl groups excluding tert-OH is 2. The number of β-amino-alcohol motifs (C(OH)–C–C–N with tert-alkyl or cyclic N) is 1. The van der Waals surface area contributed by atoms with Gasteiger partial charge in [-0.15, -0.1) is 0 Å². The van der Waals surface area contributed by atoms with E-state index in [1.807, 2.05) is 31.2 Å². The molecule has 4 N–H and O–H groups in total. The molecule has 0 aliphatic carbocycles. The number of hydrogen-bond acceptors (Lipinski definition) is 11. The first-order chi connectivity index (χ1) is 19.8. The minimum atomic E-state index is -1.03. The Morgan fingerprint density at radius 1 is 1.15 bits per heavy atom. The molecule has 0 radical (unpaired) electrons. The summed E-state index contributed by atoms with van der Waals surface area (Å²) in [4.78, 5) is 44.4. The van der Waals surface area contributed by atoms with Crippen LogP contribution in [0.3, 0.4) is 0 Å². The quantitative estimate of drug-likeness (QED) is 0.279. The van der Waals surface area contributed by atoms with Crippen LogP contribution in [0.15, 0.2) is 24.3 Å². The molecule has 0 saturated carbocycles. The van der Waals surface area contributed by atoms with Crippen molar-refractivity contribution in [2.45, 2.75) is 45.8 Å². The highest BCUT2D eigenvalue weighted by molar-refractivity contribution is 7.17. The van der Waals surface area contributed by atoms with Gasteiger partial charge in [0.2, 0.25) is 5.95 Å². The second kappa shape index (κ2) is 12.4. The third-order valence-electron chi connectivity index (χ3n) is 7.40. The Morgan fingerprint density at radius 3 is 2.54 bits per heavy atom. The molecule has 4 heterocycles. The van der Waals surface area contributed by atoms with Crippen molar-refractivity contribution in [3.63, 3.8) is 0 Å². The van der Waals surface area contributed by atoms with Gasteiger partial charge in [0.15, 0.2) is 5.13 Å². The fourth-order valence-corrected chi connectivity index (χ4v) is 6.13. The lowest BCUT2D eigenvalue weighted by atomic mass is 10.0. The summed E-state index contributed by atoms with van der Waals surface area (Å²) < 4.78 is 0. The number of carboxylic acids is 1. The minimum Gasteiger partial charge on any atom is -0.477 e. The first-order valence-corrected chi connectivity index (χ1v) is 14.6. The molecule has 1 atom stereocenters. The van der Waals surface area contributed by atoms with E-state index in [-0.39, 0.29) is 17.4 Å². The molecule has 0 spiro atoms. The van der Waals surface area contributed by atoms with Gasteiger partial charge in [0, 0.05) is 50.4 Å². The number of carboxylic acid groups (broad SMARTS) is 1. The second-order valence-electron chi connectivity index (χ2n) is 10.3. The highest BCUT2D eigenvalue weighted by Crippen LogP contribution is 2.36. The Kier molecular flexibility index (Phi) is 8.66. The van der Waals surface area contributed by atoms with Crippen molar-refractivity contribution in [3.8, 4) is 0 Å². The number of aryl methyl sites for hydroxylation is 1. The SMILES string of the molecule is CCN(CCO)C(=O)c1ccc(CN2CCCc3c2nc(Nc2nc(C)c(C(=O)O)s2)nc3N2CCC(O)C2)cc1. The van der Waals surface area contributed by atoms with E-state index in [9.17, 15) is 24.9 Å². The van der Waals surface area contributed by atoms with Crippen LogP contribution in [-0.4, -0.2) is 92.5 Å². The van der Waals surface area contributed by atoms with Gasteiger partial charge in [0.1, 0.15) is 16.5 Å². The highest BCUT2D eigenvalue weighted by Gasteiger charge is 2.30. The van der Waals surface area contributed by atoms with Gasteiger partial charge in [-0.2, -0.15) is 9.97 Å². The number of fused-ring (bicyclic) bond motifs is 1. The largest absolute Gasteiger partial charge is 0.477 e. The molecule has 1 unspecified atom stereocenters. The number of carbonyl (C=O) groups excluding carboxylic acids is 1. The Morgan fingerprint density at radius 2 is 1.90 bits per heavy atom. The molecule has 1 fully saturated rings. The zero-order chi connectivity index (χ0) is 29.1. The maximum absolute atomic E-state index is 12.8. The molecule has 1 amide bonds. The smallest absolute Gasteiger partial charge is 0.347 e. The van der Waals surface area contributed by atoms with E-state index in [0.29, 0.717) is 61.5 Å². The number of nitrogens with zero attached hydrogens (tertiary/aromatic N) is 6. The summed E-state index contributed by atoms with van der Waals surface area (Å²) in [6, 6.07) is 7.52. The van der Waals surface area contributed by atoms with Gasteiger partial charge in [0.25, 0.3) is 5.91 Å². The van der Waals surface area contributed by atoms with E-state index in [1.165, 1.54) is 0 Å². The van der Waals surface area contributed by atoms with Crippen molar-refractivity contribution < 1.29 is 24.9 Å². The van der Waals surface area contributed by atoms with Crippen molar-refractivity contribution in [3.05, 3.63) is 51.5 Å². The number of carbonyl (C=O) groups is 2. The lowest BCUT2D eigenvalue weighted by Gasteiger charge is -2.33. The number of aromatic nitrogens is 3. The molecular weight excluding hydrogens is 546 g/mol. The number of nitrogens with one attached hydrogen (secondary N) is 1. The van der Waals surface area contributed by atoms with Crippen LogP contribution in [0, 0.1) is 6.92 Å². The van der Waals surface area contributed by atoms with E-state index in [4.69, 9.17) is 9.97 Å². The van der Waals surface area contributed by atoms with Crippen molar-refractivity contribution >= 4 is 45.9 Å². The van der Waals surface area contributed by atoms with Crippen LogP contribution in [-0.2, 0) is 13.0 Å². The van der Waals surface area contributed by atoms with E-state index in [2.05, 4.69) is 20.1 Å². The topological polar surface area (TPSA) is 155 Å². The van der Waals surface area contributed by atoms with Crippen LogP contribution >= 0.6 is 11.3 Å². The zero-order valence-electron chi connectivity index (χ0n) is 23.2. The molecule has 1 saturated heterocycles. The Labute approximate surface area is 242 Å². The van der Waals surface area contributed by atoms with Gasteiger partial charge in [0.05, 0.1) is 18.4 Å². The number of benzene rings is 1. The van der Waals surface area contributed by atoms with Gasteiger partial charge in [-0.25, -0.2) is 9.78 Å². The van der Waals surface area contributed by atoms with Crippen LogP contribution in [0.1, 0.15) is 56.6 Å². The molecule has 2 aliphatic rings. The Balaban J connectivity index is 1.44. The lowest BCUT2D eigenvalue weighted by Crippen LogP contribution is -2.33. The van der Waals surface area contributed by atoms with Crippen molar-refractivity contribution in [1.29, 1.82) is 0 Å². The third kappa shape index (κ3) is 6.26. The van der Waals surface area contributed by atoms with E-state index in [0.717, 1.165) is 53.5 Å². The summed E-state index contributed by atoms with van der Waals surface area (Å²) in [7, 11) is 0. The van der Waals surface area contributed by atoms with Crippen molar-refractivity contribution in [2.75, 3.05) is 54.4 Å². The molecule has 1 aromatic carbocycles. The summed E-state index contributed by atoms with van der Waals surface area (Å²) in [5, 5.41) is 32.4. The van der Waals surface area contributed by atoms with Crippen LogP contribution < -0.4 is 15.1 Å². The molecule has 3 aromatic rings. The molecule has 2 aliphatic heterocycles. The van der Waals surface area contributed by atoms with Crippen molar-refractivity contribution in [1.82, 2.24) is 19.9 Å². The molecule has 5 rings (SSSR count). The first-order valence-electron chi connectivity index (χ1n) is 13.8. The highest BCUT2D eigenvalue weighted by atomic mass is 32.1. The lowest BCUT2D eigenvalue weighted by molar-refractivity contribution is 0.0699. The number of thiazole rings is 1. The van der Waals surface area contributed by atoms with Gasteiger partial charge < -0.3 is 30.0 Å². The van der Waals surface area contributed by atoms with E-state index < -0.39 is 12.1 Å². The van der Waals surface area contributed by atoms with Gasteiger partial charge in [-0.05, 0) is 50.8 Å². The monoisotopic (exact) mass is 581 g/mol. The first kappa shape index (κ1) is 28.7. The fourth-order valence-electron chi connectivity index (χ4n) is 5.33. The van der Waals surface area contributed by atoms with Gasteiger partial charge >= 0.3 is 5.97 Å². The van der Waals surface area contributed by atoms with Crippen molar-refractivity contribution in [2.24, 2.45) is 0 Å². The molecule has 41 heavy (non-hydrogen) atoms. The molecule has 2 aromatic heterocycles. The summed E-state index contributed by atoms with van der Waals surface area (Å²) in [6.45, 7) is 6.82.